The maximum Gasteiger partial charge on any atom is 0.144 e. The fourth-order valence-electron chi connectivity index (χ4n) is 2.16. The second-order valence-electron chi connectivity index (χ2n) is 4.93. The maximum absolute atomic E-state index is 12.2. The third kappa shape index (κ3) is 3.01. The molecule has 0 aliphatic rings. The number of benzene rings is 1. The lowest BCUT2D eigenvalue weighted by atomic mass is 10.0. The Labute approximate surface area is 113 Å². The number of nitrogens with zero attached hydrogens (tertiary/aromatic N) is 2. The monoisotopic (exact) mass is 259 g/mol. The lowest BCUT2D eigenvalue weighted by molar-refractivity contribution is -0.121. The minimum absolute atomic E-state index is 0.0276. The van der Waals surface area contributed by atoms with Crippen LogP contribution < -0.4 is 5.32 Å². The molecule has 4 nitrogen and oxygen atoms in total. The molecule has 1 aromatic heterocycles. The van der Waals surface area contributed by atoms with Gasteiger partial charge in [-0.3, -0.25) is 4.79 Å². The first-order chi connectivity index (χ1) is 9.13. The lowest BCUT2D eigenvalue weighted by Crippen LogP contribution is -2.27. The van der Waals surface area contributed by atoms with Gasteiger partial charge in [-0.25, -0.2) is 4.98 Å². The van der Waals surface area contributed by atoms with Gasteiger partial charge in [-0.2, -0.15) is 0 Å². The van der Waals surface area contributed by atoms with E-state index in [1.165, 1.54) is 0 Å². The molecule has 0 saturated heterocycles. The van der Waals surface area contributed by atoms with Crippen molar-refractivity contribution in [2.75, 3.05) is 13.1 Å². The zero-order valence-corrected chi connectivity index (χ0v) is 11.8. The van der Waals surface area contributed by atoms with Gasteiger partial charge in [0.25, 0.3) is 0 Å². The van der Waals surface area contributed by atoms with Crippen molar-refractivity contribution < 1.29 is 4.79 Å². The van der Waals surface area contributed by atoms with E-state index in [0.717, 1.165) is 29.9 Å². The number of para-hydroxylation sites is 2. The Morgan fingerprint density at radius 3 is 2.84 bits per heavy atom. The van der Waals surface area contributed by atoms with E-state index < -0.39 is 0 Å². The largest absolute Gasteiger partial charge is 0.331 e. The number of Topliss-reactive ketones (excluding diaryl/α,β-unsaturated/α-hetero) is 1. The molecule has 102 valence electrons. The Morgan fingerprint density at radius 2 is 2.16 bits per heavy atom. The molecular formula is C15H21N3O. The third-order valence-electron chi connectivity index (χ3n) is 3.46. The number of aromatic nitrogens is 2. The van der Waals surface area contributed by atoms with Crippen molar-refractivity contribution in [1.29, 1.82) is 0 Å². The number of carbonyl (C=O) groups is 1. The van der Waals surface area contributed by atoms with Crippen molar-refractivity contribution in [3.05, 3.63) is 30.1 Å². The highest BCUT2D eigenvalue weighted by Gasteiger charge is 2.16. The number of hydrogen-bond donors (Lipinski definition) is 1. The van der Waals surface area contributed by atoms with E-state index >= 15 is 0 Å². The second-order valence-corrected chi connectivity index (χ2v) is 4.93. The van der Waals surface area contributed by atoms with Crippen LogP contribution in [0.15, 0.2) is 24.3 Å². The van der Waals surface area contributed by atoms with Gasteiger partial charge in [0, 0.05) is 19.5 Å². The average molecular weight is 259 g/mol. The van der Waals surface area contributed by atoms with E-state index in [4.69, 9.17) is 0 Å². The summed E-state index contributed by atoms with van der Waals surface area (Å²) >= 11 is 0. The molecule has 0 radical (unpaired) electrons. The van der Waals surface area contributed by atoms with E-state index in [2.05, 4.69) is 10.3 Å². The predicted molar refractivity (Wildman–Crippen MR) is 77.1 cm³/mol. The van der Waals surface area contributed by atoms with Gasteiger partial charge in [-0.1, -0.05) is 26.0 Å². The molecule has 0 amide bonds. The highest BCUT2D eigenvalue weighted by molar-refractivity contribution is 5.84. The van der Waals surface area contributed by atoms with Crippen LogP contribution in [0.4, 0.5) is 0 Å². The molecule has 0 fully saturated rings. The van der Waals surface area contributed by atoms with Crippen LogP contribution in [0.3, 0.4) is 0 Å². The van der Waals surface area contributed by atoms with Crippen LogP contribution in [-0.4, -0.2) is 28.4 Å². The Kier molecular flexibility index (Phi) is 4.32. The van der Waals surface area contributed by atoms with Gasteiger partial charge in [0.05, 0.1) is 17.5 Å². The molecule has 1 aromatic carbocycles. The van der Waals surface area contributed by atoms with Crippen molar-refractivity contribution >= 4 is 16.8 Å². The number of ketones is 1. The van der Waals surface area contributed by atoms with Crippen LogP contribution in [0.2, 0.25) is 0 Å². The number of imidazole rings is 1. The molecule has 0 aliphatic heterocycles. The van der Waals surface area contributed by atoms with Gasteiger partial charge < -0.3 is 9.88 Å². The smallest absolute Gasteiger partial charge is 0.144 e. The molecule has 1 unspecified atom stereocenters. The van der Waals surface area contributed by atoms with Crippen molar-refractivity contribution in [2.24, 2.45) is 13.0 Å². The number of nitrogens with one attached hydrogen (secondary N) is 1. The number of carbonyl (C=O) groups excluding carboxylic acids is 1. The van der Waals surface area contributed by atoms with Crippen molar-refractivity contribution in [3.63, 3.8) is 0 Å². The fraction of sp³-hybridized carbons (Fsp3) is 0.467. The Morgan fingerprint density at radius 1 is 1.42 bits per heavy atom. The van der Waals surface area contributed by atoms with E-state index in [0.29, 0.717) is 6.42 Å². The SMILES string of the molecule is CCNCC(C)C(=O)Cc1nc2ccccc2n1C. The van der Waals surface area contributed by atoms with Gasteiger partial charge in [0.15, 0.2) is 0 Å². The molecule has 0 spiro atoms. The topological polar surface area (TPSA) is 46.9 Å². The quantitative estimate of drug-likeness (QED) is 0.862. The van der Waals surface area contributed by atoms with Gasteiger partial charge in [-0.15, -0.1) is 0 Å². The second kappa shape index (κ2) is 5.97. The Hall–Kier alpha value is -1.68. The summed E-state index contributed by atoms with van der Waals surface area (Å²) in [5.41, 5.74) is 2.02. The van der Waals surface area contributed by atoms with Crippen molar-refractivity contribution in [1.82, 2.24) is 14.9 Å². The molecule has 1 heterocycles. The standard InChI is InChI=1S/C15H21N3O/c1-4-16-10-11(2)14(19)9-15-17-12-7-5-6-8-13(12)18(15)3/h5-8,11,16H,4,9-10H2,1-3H3. The van der Waals surface area contributed by atoms with Gasteiger partial charge in [0.2, 0.25) is 0 Å². The summed E-state index contributed by atoms with van der Waals surface area (Å²) in [7, 11) is 1.97. The van der Waals surface area contributed by atoms with E-state index in [1.807, 2.05) is 49.7 Å². The summed E-state index contributed by atoms with van der Waals surface area (Å²) < 4.78 is 2.01. The lowest BCUT2D eigenvalue weighted by Gasteiger charge is -2.10. The number of hydrogen-bond acceptors (Lipinski definition) is 3. The maximum atomic E-state index is 12.2. The normalized spacial score (nSPS) is 12.8. The minimum atomic E-state index is 0.0276. The summed E-state index contributed by atoms with van der Waals surface area (Å²) in [5.74, 6) is 1.11. The number of rotatable bonds is 6. The summed E-state index contributed by atoms with van der Waals surface area (Å²) in [6, 6.07) is 7.96. The molecule has 19 heavy (non-hydrogen) atoms. The molecule has 0 saturated carbocycles. The fourth-order valence-corrected chi connectivity index (χ4v) is 2.16. The van der Waals surface area contributed by atoms with Gasteiger partial charge >= 0.3 is 0 Å². The van der Waals surface area contributed by atoms with Crippen molar-refractivity contribution in [2.45, 2.75) is 20.3 Å². The van der Waals surface area contributed by atoms with E-state index in [-0.39, 0.29) is 11.7 Å². The molecular weight excluding hydrogens is 238 g/mol. The first kappa shape index (κ1) is 13.7. The zero-order chi connectivity index (χ0) is 13.8. The molecule has 4 heteroatoms. The molecule has 2 aromatic rings. The number of fused-ring (bicyclic) bond motifs is 1. The first-order valence-corrected chi connectivity index (χ1v) is 6.77. The molecule has 0 bridgehead atoms. The van der Waals surface area contributed by atoms with E-state index in [1.54, 1.807) is 0 Å². The van der Waals surface area contributed by atoms with Crippen LogP contribution in [0.25, 0.3) is 11.0 Å². The summed E-state index contributed by atoms with van der Waals surface area (Å²) in [6.45, 7) is 5.64. The van der Waals surface area contributed by atoms with Gasteiger partial charge in [0.1, 0.15) is 11.6 Å². The molecule has 2 rings (SSSR count). The first-order valence-electron chi connectivity index (χ1n) is 6.77. The third-order valence-corrected chi connectivity index (χ3v) is 3.46. The van der Waals surface area contributed by atoms with Crippen LogP contribution in [0.1, 0.15) is 19.7 Å². The average Bonchev–Trinajstić information content (AvgIpc) is 2.73. The van der Waals surface area contributed by atoms with Crippen LogP contribution in [-0.2, 0) is 18.3 Å². The van der Waals surface area contributed by atoms with Crippen molar-refractivity contribution in [3.8, 4) is 0 Å². The highest BCUT2D eigenvalue weighted by atomic mass is 16.1. The molecule has 0 aliphatic carbocycles. The van der Waals surface area contributed by atoms with Crippen LogP contribution in [0, 0.1) is 5.92 Å². The zero-order valence-electron chi connectivity index (χ0n) is 11.8. The summed E-state index contributed by atoms with van der Waals surface area (Å²) in [6.07, 6.45) is 0.401. The highest BCUT2D eigenvalue weighted by Crippen LogP contribution is 2.15. The van der Waals surface area contributed by atoms with E-state index in [9.17, 15) is 4.79 Å². The minimum Gasteiger partial charge on any atom is -0.331 e. The summed E-state index contributed by atoms with van der Waals surface area (Å²) in [5, 5.41) is 3.21. The predicted octanol–water partition coefficient (Wildman–Crippen LogP) is 1.93. The Balaban J connectivity index is 2.13. The Bertz CT molecular complexity index is 574. The van der Waals surface area contributed by atoms with Crippen LogP contribution in [0.5, 0.6) is 0 Å². The number of aryl methyl sites for hydroxylation is 1. The molecule has 1 N–H and O–H groups in total. The molecule has 1 atom stereocenters. The van der Waals surface area contributed by atoms with Gasteiger partial charge in [-0.05, 0) is 18.7 Å². The van der Waals surface area contributed by atoms with Crippen LogP contribution >= 0.6 is 0 Å². The summed E-state index contributed by atoms with van der Waals surface area (Å²) in [4.78, 5) is 16.7.